The minimum atomic E-state index is 0.352. The predicted molar refractivity (Wildman–Crippen MR) is 107 cm³/mol. The molecule has 0 spiro atoms. The van der Waals surface area contributed by atoms with Crippen molar-refractivity contribution >= 4 is 5.91 Å². The first-order chi connectivity index (χ1) is 12.7. The summed E-state index contributed by atoms with van der Waals surface area (Å²) in [4.78, 5) is 19.6. The average Bonchev–Trinajstić information content (AvgIpc) is 2.68. The van der Waals surface area contributed by atoms with Gasteiger partial charge in [0.1, 0.15) is 0 Å². The van der Waals surface area contributed by atoms with E-state index < -0.39 is 0 Å². The van der Waals surface area contributed by atoms with Gasteiger partial charge in [-0.2, -0.15) is 0 Å². The lowest BCUT2D eigenvalue weighted by atomic mass is 9.93. The maximum atomic E-state index is 12.6. The molecule has 0 aromatic heterocycles. The van der Waals surface area contributed by atoms with Gasteiger partial charge in [-0.15, -0.1) is 6.58 Å². The Balaban J connectivity index is 1.36. The zero-order valence-corrected chi connectivity index (χ0v) is 16.0. The van der Waals surface area contributed by atoms with E-state index in [1.807, 2.05) is 6.08 Å². The number of amides is 1. The number of carbonyl (C=O) groups is 1. The van der Waals surface area contributed by atoms with Crippen LogP contribution in [0.3, 0.4) is 0 Å². The zero-order chi connectivity index (χ0) is 18.2. The number of rotatable bonds is 7. The Kier molecular flexibility index (Phi) is 7.27. The molecule has 26 heavy (non-hydrogen) atoms. The largest absolute Gasteiger partial charge is 0.340 e. The van der Waals surface area contributed by atoms with Crippen LogP contribution in [0.25, 0.3) is 0 Å². The third kappa shape index (κ3) is 5.68. The van der Waals surface area contributed by atoms with Crippen molar-refractivity contribution in [2.45, 2.75) is 32.2 Å². The number of likely N-dealkylation sites (tertiary alicyclic amines) is 1. The summed E-state index contributed by atoms with van der Waals surface area (Å²) in [7, 11) is 0. The van der Waals surface area contributed by atoms with Gasteiger partial charge in [0.15, 0.2) is 0 Å². The molecule has 1 atom stereocenters. The second kappa shape index (κ2) is 9.89. The van der Waals surface area contributed by atoms with E-state index in [2.05, 4.69) is 51.6 Å². The van der Waals surface area contributed by atoms with Crippen LogP contribution in [0.1, 0.15) is 31.2 Å². The molecule has 0 saturated carbocycles. The number of nitrogens with zero attached hydrogens (tertiary/aromatic N) is 3. The summed E-state index contributed by atoms with van der Waals surface area (Å²) in [6.07, 6.45) is 6.26. The van der Waals surface area contributed by atoms with E-state index in [1.165, 1.54) is 24.9 Å². The van der Waals surface area contributed by atoms with Gasteiger partial charge in [-0.25, -0.2) is 0 Å². The summed E-state index contributed by atoms with van der Waals surface area (Å²) in [5.74, 6) is 1.03. The number of benzene rings is 1. The molecule has 1 aromatic carbocycles. The smallest absolute Gasteiger partial charge is 0.222 e. The summed E-state index contributed by atoms with van der Waals surface area (Å²) in [6.45, 7) is 11.8. The molecule has 0 N–H and O–H groups in total. The van der Waals surface area contributed by atoms with Gasteiger partial charge < -0.3 is 4.90 Å². The summed E-state index contributed by atoms with van der Waals surface area (Å²) in [5.41, 5.74) is 1.36. The highest BCUT2D eigenvalue weighted by Gasteiger charge is 2.23. The third-order valence-electron chi connectivity index (χ3n) is 5.73. The van der Waals surface area contributed by atoms with E-state index in [9.17, 15) is 4.79 Å². The number of hydrogen-bond donors (Lipinski definition) is 0. The number of piperidine rings is 1. The molecule has 2 aliphatic heterocycles. The average molecular weight is 356 g/mol. The fourth-order valence-electron chi connectivity index (χ4n) is 4.22. The first-order valence-corrected chi connectivity index (χ1v) is 10.1. The van der Waals surface area contributed by atoms with Crippen molar-refractivity contribution in [3.05, 3.63) is 48.6 Å². The van der Waals surface area contributed by atoms with Crippen molar-refractivity contribution < 1.29 is 4.79 Å². The molecule has 3 rings (SSSR count). The molecule has 0 aliphatic carbocycles. The second-order valence-electron chi connectivity index (χ2n) is 7.74. The van der Waals surface area contributed by atoms with Crippen LogP contribution in [0.5, 0.6) is 0 Å². The Morgan fingerprint density at radius 3 is 2.58 bits per heavy atom. The van der Waals surface area contributed by atoms with Crippen molar-refractivity contribution in [3.8, 4) is 0 Å². The van der Waals surface area contributed by atoms with Gasteiger partial charge in [-0.3, -0.25) is 14.6 Å². The lowest BCUT2D eigenvalue weighted by Gasteiger charge is -2.35. The third-order valence-corrected chi connectivity index (χ3v) is 5.73. The Morgan fingerprint density at radius 2 is 1.85 bits per heavy atom. The lowest BCUT2D eigenvalue weighted by molar-refractivity contribution is -0.133. The van der Waals surface area contributed by atoms with Crippen molar-refractivity contribution in [1.82, 2.24) is 14.7 Å². The summed E-state index contributed by atoms with van der Waals surface area (Å²) in [5, 5.41) is 0. The van der Waals surface area contributed by atoms with Crippen LogP contribution in [-0.2, 0) is 11.3 Å². The highest BCUT2D eigenvalue weighted by molar-refractivity contribution is 5.76. The fraction of sp³-hybridized carbons (Fsp3) is 0.591. The topological polar surface area (TPSA) is 26.8 Å². The molecule has 2 fully saturated rings. The Labute approximate surface area is 158 Å². The summed E-state index contributed by atoms with van der Waals surface area (Å²) < 4.78 is 0. The van der Waals surface area contributed by atoms with Crippen LogP contribution in [0.4, 0.5) is 0 Å². The van der Waals surface area contributed by atoms with E-state index in [1.54, 1.807) is 0 Å². The van der Waals surface area contributed by atoms with Crippen LogP contribution in [0.15, 0.2) is 43.0 Å². The molecule has 1 unspecified atom stereocenters. The Bertz CT molecular complexity index is 566. The van der Waals surface area contributed by atoms with Crippen molar-refractivity contribution in [1.29, 1.82) is 0 Å². The van der Waals surface area contributed by atoms with Crippen molar-refractivity contribution in [2.24, 2.45) is 5.92 Å². The van der Waals surface area contributed by atoms with Crippen molar-refractivity contribution in [3.63, 3.8) is 0 Å². The quantitative estimate of drug-likeness (QED) is 0.704. The molecule has 1 aromatic rings. The maximum absolute atomic E-state index is 12.6. The van der Waals surface area contributed by atoms with E-state index in [4.69, 9.17) is 0 Å². The number of piperazine rings is 1. The highest BCUT2D eigenvalue weighted by atomic mass is 16.2. The van der Waals surface area contributed by atoms with Crippen LogP contribution >= 0.6 is 0 Å². The normalized spacial score (nSPS) is 22.3. The molecule has 1 amide bonds. The Morgan fingerprint density at radius 1 is 1.08 bits per heavy atom. The molecular formula is C22H33N3O. The SMILES string of the molecule is C=CCN1CCCC(CCC(=O)N2CCN(Cc3ccccc3)CC2)C1. The van der Waals surface area contributed by atoms with E-state index in [0.717, 1.165) is 52.2 Å². The van der Waals surface area contributed by atoms with Gasteiger partial charge in [-0.1, -0.05) is 36.4 Å². The van der Waals surface area contributed by atoms with Crippen molar-refractivity contribution in [2.75, 3.05) is 45.8 Å². The van der Waals surface area contributed by atoms with Gasteiger partial charge in [0.05, 0.1) is 0 Å². The van der Waals surface area contributed by atoms with Gasteiger partial charge in [0, 0.05) is 52.2 Å². The molecule has 2 heterocycles. The van der Waals surface area contributed by atoms with Crippen LogP contribution < -0.4 is 0 Å². The van der Waals surface area contributed by atoms with E-state index in [-0.39, 0.29) is 0 Å². The molecule has 0 bridgehead atoms. The minimum absolute atomic E-state index is 0.352. The summed E-state index contributed by atoms with van der Waals surface area (Å²) in [6, 6.07) is 10.6. The molecule has 142 valence electrons. The fourth-order valence-corrected chi connectivity index (χ4v) is 4.22. The molecule has 4 heteroatoms. The molecule has 4 nitrogen and oxygen atoms in total. The summed E-state index contributed by atoms with van der Waals surface area (Å²) >= 11 is 0. The van der Waals surface area contributed by atoms with Gasteiger partial charge in [0.25, 0.3) is 0 Å². The van der Waals surface area contributed by atoms with Crippen LogP contribution in [-0.4, -0.2) is 66.4 Å². The first-order valence-electron chi connectivity index (χ1n) is 10.1. The molecule has 2 aliphatic rings. The molecule has 0 radical (unpaired) electrons. The monoisotopic (exact) mass is 355 g/mol. The maximum Gasteiger partial charge on any atom is 0.222 e. The van der Waals surface area contributed by atoms with E-state index >= 15 is 0 Å². The van der Waals surface area contributed by atoms with Gasteiger partial charge in [-0.05, 0) is 37.3 Å². The van der Waals surface area contributed by atoms with Crippen LogP contribution in [0.2, 0.25) is 0 Å². The second-order valence-corrected chi connectivity index (χ2v) is 7.74. The first kappa shape index (κ1) is 19.1. The number of hydrogen-bond acceptors (Lipinski definition) is 3. The molecular weight excluding hydrogens is 322 g/mol. The molecule has 2 saturated heterocycles. The van der Waals surface area contributed by atoms with Gasteiger partial charge in [0.2, 0.25) is 5.91 Å². The van der Waals surface area contributed by atoms with Crippen LogP contribution in [0, 0.1) is 5.92 Å². The van der Waals surface area contributed by atoms with E-state index in [0.29, 0.717) is 18.2 Å². The van der Waals surface area contributed by atoms with Gasteiger partial charge >= 0.3 is 0 Å². The zero-order valence-electron chi connectivity index (χ0n) is 16.0. The minimum Gasteiger partial charge on any atom is -0.340 e. The Hall–Kier alpha value is -1.65. The highest BCUT2D eigenvalue weighted by Crippen LogP contribution is 2.21. The lowest BCUT2D eigenvalue weighted by Crippen LogP contribution is -2.48. The predicted octanol–water partition coefficient (Wildman–Crippen LogP) is 3.01. The number of carbonyl (C=O) groups excluding carboxylic acids is 1. The standard InChI is InChI=1S/C22H33N3O/c1-2-12-23-13-6-9-21(19-23)10-11-22(26)25-16-14-24(15-17-25)18-20-7-4-3-5-8-20/h2-5,7-8,21H,1,6,9-19H2.